The second kappa shape index (κ2) is 11.3. The van der Waals surface area contributed by atoms with E-state index in [9.17, 15) is 9.59 Å². The second-order valence-corrected chi connectivity index (χ2v) is 8.01. The molecule has 2 aromatic carbocycles. The van der Waals surface area contributed by atoms with E-state index in [0.29, 0.717) is 12.0 Å². The summed E-state index contributed by atoms with van der Waals surface area (Å²) >= 11 is 0. The van der Waals surface area contributed by atoms with Crippen molar-refractivity contribution < 1.29 is 38.0 Å². The number of methoxy groups -OCH3 is 2. The van der Waals surface area contributed by atoms with Crippen LogP contribution in [0, 0.1) is 0 Å². The van der Waals surface area contributed by atoms with Crippen molar-refractivity contribution in [3.05, 3.63) is 77.9 Å². The van der Waals surface area contributed by atoms with Gasteiger partial charge in [0.2, 0.25) is 0 Å². The zero-order chi connectivity index (χ0) is 23.9. The van der Waals surface area contributed by atoms with E-state index < -0.39 is 42.6 Å². The molecule has 2 aliphatic heterocycles. The summed E-state index contributed by atoms with van der Waals surface area (Å²) in [4.78, 5) is 24.8. The molecule has 2 heterocycles. The van der Waals surface area contributed by atoms with E-state index in [0.717, 1.165) is 11.3 Å². The summed E-state index contributed by atoms with van der Waals surface area (Å²) in [5.74, 6) is -0.195. The molecule has 180 valence electrons. The smallest absolute Gasteiger partial charge is 0.338 e. The average molecular weight is 469 g/mol. The first kappa shape index (κ1) is 23.9. The molecule has 0 unspecified atom stereocenters. The average Bonchev–Trinajstić information content (AvgIpc) is 2.87. The summed E-state index contributed by atoms with van der Waals surface area (Å²) in [6, 6.07) is 16.2. The lowest BCUT2D eigenvalue weighted by Crippen LogP contribution is -2.47. The lowest BCUT2D eigenvalue weighted by atomic mass is 10.0. The van der Waals surface area contributed by atoms with Crippen LogP contribution in [0.4, 0.5) is 0 Å². The van der Waals surface area contributed by atoms with E-state index in [1.54, 1.807) is 31.4 Å². The molecule has 2 aliphatic rings. The van der Waals surface area contributed by atoms with Crippen molar-refractivity contribution in [3.63, 3.8) is 0 Å². The maximum absolute atomic E-state index is 12.7. The quantitative estimate of drug-likeness (QED) is 0.469. The van der Waals surface area contributed by atoms with Crippen LogP contribution in [-0.4, -0.2) is 57.2 Å². The second-order valence-electron chi connectivity index (χ2n) is 8.01. The van der Waals surface area contributed by atoms with Crippen LogP contribution in [0.25, 0.3) is 0 Å². The molecule has 0 spiro atoms. The Bertz CT molecular complexity index is 988. The molecule has 0 aromatic heterocycles. The van der Waals surface area contributed by atoms with E-state index in [1.807, 2.05) is 42.5 Å². The van der Waals surface area contributed by atoms with Crippen molar-refractivity contribution in [2.75, 3.05) is 20.8 Å². The first-order valence-electron chi connectivity index (χ1n) is 11.1. The highest BCUT2D eigenvalue weighted by Gasteiger charge is 2.39. The standard InChI is InChI=1S/C26H28O8/c1-29-19-13-11-18(12-14-19)26-31-16-23-21(34-26)10-6-9-20(22(32-23)15-24(27)30-2)33-25(28)17-7-4-3-5-8-17/h3-8,10-14,20-23,26H,9,15-16H2,1-2H3/b10-6-/t20-,21+,22+,23-,26-/m1/s1. The maximum atomic E-state index is 12.7. The van der Waals surface area contributed by atoms with Gasteiger partial charge in [-0.25, -0.2) is 4.79 Å². The predicted octanol–water partition coefficient (Wildman–Crippen LogP) is 3.61. The molecule has 8 heteroatoms. The summed E-state index contributed by atoms with van der Waals surface area (Å²) in [5, 5.41) is 0. The van der Waals surface area contributed by atoms with E-state index in [1.165, 1.54) is 7.11 Å². The highest BCUT2D eigenvalue weighted by Crippen LogP contribution is 2.32. The molecule has 0 bridgehead atoms. The Hall–Kier alpha value is -3.20. The van der Waals surface area contributed by atoms with Gasteiger partial charge < -0.3 is 28.4 Å². The first-order valence-corrected chi connectivity index (χ1v) is 11.1. The molecule has 0 aliphatic carbocycles. The molecule has 4 rings (SSSR count). The molecule has 1 fully saturated rings. The zero-order valence-electron chi connectivity index (χ0n) is 19.1. The summed E-state index contributed by atoms with van der Waals surface area (Å²) in [6.45, 7) is 0.239. The van der Waals surface area contributed by atoms with Crippen molar-refractivity contribution in [2.24, 2.45) is 0 Å². The molecular weight excluding hydrogens is 440 g/mol. The van der Waals surface area contributed by atoms with Gasteiger partial charge in [-0.1, -0.05) is 42.5 Å². The van der Waals surface area contributed by atoms with E-state index in [2.05, 4.69) is 0 Å². The van der Waals surface area contributed by atoms with Gasteiger partial charge in [0, 0.05) is 12.0 Å². The Morgan fingerprint density at radius 1 is 1.00 bits per heavy atom. The van der Waals surface area contributed by atoms with Crippen LogP contribution in [0.5, 0.6) is 5.75 Å². The number of ether oxygens (including phenoxy) is 6. The van der Waals surface area contributed by atoms with Crippen LogP contribution in [0.15, 0.2) is 66.7 Å². The highest BCUT2D eigenvalue weighted by atomic mass is 16.7. The van der Waals surface area contributed by atoms with Crippen LogP contribution >= 0.6 is 0 Å². The first-order chi connectivity index (χ1) is 16.6. The molecule has 34 heavy (non-hydrogen) atoms. The number of carbonyl (C=O) groups excluding carboxylic acids is 2. The Kier molecular flexibility index (Phi) is 7.95. The highest BCUT2D eigenvalue weighted by molar-refractivity contribution is 5.89. The van der Waals surface area contributed by atoms with Crippen molar-refractivity contribution >= 4 is 11.9 Å². The largest absolute Gasteiger partial charge is 0.497 e. The monoisotopic (exact) mass is 468 g/mol. The minimum atomic E-state index is -0.720. The van der Waals surface area contributed by atoms with E-state index in [-0.39, 0.29) is 13.0 Å². The van der Waals surface area contributed by atoms with Crippen LogP contribution in [-0.2, 0) is 28.5 Å². The van der Waals surface area contributed by atoms with Crippen LogP contribution in [0.1, 0.15) is 35.1 Å². The number of benzene rings is 2. The van der Waals surface area contributed by atoms with Gasteiger partial charge in [-0.3, -0.25) is 4.79 Å². The molecule has 0 N–H and O–H groups in total. The third kappa shape index (κ3) is 5.83. The summed E-state index contributed by atoms with van der Waals surface area (Å²) in [6.07, 6.45) is 1.23. The Morgan fingerprint density at radius 3 is 2.47 bits per heavy atom. The topological polar surface area (TPSA) is 89.5 Å². The van der Waals surface area contributed by atoms with Gasteiger partial charge >= 0.3 is 11.9 Å². The SMILES string of the molecule is COC(=O)C[C@@H]1O[C@@H]2CO[C@@H](c3ccc(OC)cc3)O[C@H]2/C=C\C[C@H]1OC(=O)c1ccccc1. The predicted molar refractivity (Wildman–Crippen MR) is 121 cm³/mol. The number of fused-ring (bicyclic) bond motifs is 1. The Balaban J connectivity index is 1.49. The molecule has 0 radical (unpaired) electrons. The van der Waals surface area contributed by atoms with Gasteiger partial charge in [0.1, 0.15) is 30.2 Å². The Labute approximate surface area is 198 Å². The van der Waals surface area contributed by atoms with Gasteiger partial charge in [-0.2, -0.15) is 0 Å². The lowest BCUT2D eigenvalue weighted by molar-refractivity contribution is -0.267. The van der Waals surface area contributed by atoms with Crippen molar-refractivity contribution in [3.8, 4) is 5.75 Å². The molecule has 0 saturated carbocycles. The zero-order valence-corrected chi connectivity index (χ0v) is 19.1. The van der Waals surface area contributed by atoms with Gasteiger partial charge in [-0.05, 0) is 24.3 Å². The summed E-state index contributed by atoms with van der Waals surface area (Å²) in [5.41, 5.74) is 1.28. The fraction of sp³-hybridized carbons (Fsp3) is 0.385. The number of hydrogen-bond acceptors (Lipinski definition) is 8. The van der Waals surface area contributed by atoms with Crippen LogP contribution in [0.2, 0.25) is 0 Å². The number of hydrogen-bond donors (Lipinski definition) is 0. The maximum Gasteiger partial charge on any atom is 0.338 e. The molecule has 1 saturated heterocycles. The van der Waals surface area contributed by atoms with E-state index >= 15 is 0 Å². The third-order valence-corrected chi connectivity index (χ3v) is 5.77. The minimum absolute atomic E-state index is 0.0673. The summed E-state index contributed by atoms with van der Waals surface area (Å²) < 4.78 is 34.1. The third-order valence-electron chi connectivity index (χ3n) is 5.77. The molecule has 0 amide bonds. The molecular formula is C26H28O8. The molecule has 2 aromatic rings. The fourth-order valence-electron chi connectivity index (χ4n) is 3.91. The van der Waals surface area contributed by atoms with Crippen LogP contribution < -0.4 is 4.74 Å². The van der Waals surface area contributed by atoms with Crippen LogP contribution in [0.3, 0.4) is 0 Å². The number of rotatable bonds is 6. The van der Waals surface area contributed by atoms with Gasteiger partial charge in [0.15, 0.2) is 6.29 Å². The van der Waals surface area contributed by atoms with Gasteiger partial charge in [0.05, 0.1) is 32.8 Å². The summed E-state index contributed by atoms with van der Waals surface area (Å²) in [7, 11) is 2.92. The van der Waals surface area contributed by atoms with Gasteiger partial charge in [0.25, 0.3) is 0 Å². The Morgan fingerprint density at radius 2 is 1.76 bits per heavy atom. The van der Waals surface area contributed by atoms with Crippen molar-refractivity contribution in [1.29, 1.82) is 0 Å². The van der Waals surface area contributed by atoms with Gasteiger partial charge in [-0.15, -0.1) is 0 Å². The van der Waals surface area contributed by atoms with Crippen molar-refractivity contribution in [2.45, 2.75) is 43.5 Å². The number of esters is 2. The fourth-order valence-corrected chi connectivity index (χ4v) is 3.91. The normalized spacial score (nSPS) is 27.4. The molecule has 8 nitrogen and oxygen atoms in total. The van der Waals surface area contributed by atoms with Crippen molar-refractivity contribution in [1.82, 2.24) is 0 Å². The molecule has 5 atom stereocenters. The number of carbonyl (C=O) groups is 2. The minimum Gasteiger partial charge on any atom is -0.497 e. The lowest BCUT2D eigenvalue weighted by Gasteiger charge is -2.39. The van der Waals surface area contributed by atoms with E-state index in [4.69, 9.17) is 28.4 Å².